The number of ether oxygens (including phenoxy) is 1. The predicted molar refractivity (Wildman–Crippen MR) is 161 cm³/mol. The number of benzene rings is 2. The van der Waals surface area contributed by atoms with Crippen LogP contribution in [0.3, 0.4) is 0 Å². The van der Waals surface area contributed by atoms with Gasteiger partial charge in [-0.25, -0.2) is 14.8 Å². The molecule has 10 heteroatoms. The molecule has 2 N–H and O–H groups in total. The number of nitrogens with zero attached hydrogens (tertiary/aromatic N) is 2. The van der Waals surface area contributed by atoms with Crippen LogP contribution in [0, 0.1) is 0 Å². The zero-order valence-electron chi connectivity index (χ0n) is 23.1. The van der Waals surface area contributed by atoms with E-state index in [4.69, 9.17) is 14.1 Å². The zero-order valence-corrected chi connectivity index (χ0v) is 25.8. The van der Waals surface area contributed by atoms with Gasteiger partial charge in [-0.1, -0.05) is 81.4 Å². The maximum Gasteiger partial charge on any atom is 0.413 e. The number of aromatic nitrogens is 2. The van der Waals surface area contributed by atoms with Gasteiger partial charge in [0.1, 0.15) is 10.6 Å². The Hall–Kier alpha value is -2.89. The fourth-order valence-electron chi connectivity index (χ4n) is 4.53. The molecule has 0 saturated heterocycles. The molecule has 0 fully saturated rings. The summed E-state index contributed by atoms with van der Waals surface area (Å²) in [5.41, 5.74) is 0.575. The van der Waals surface area contributed by atoms with Gasteiger partial charge in [0.15, 0.2) is 5.13 Å². The van der Waals surface area contributed by atoms with E-state index in [1.807, 2.05) is 17.5 Å². The van der Waals surface area contributed by atoms with E-state index in [1.54, 1.807) is 20.8 Å². The van der Waals surface area contributed by atoms with Crippen molar-refractivity contribution >= 4 is 52.6 Å². The number of anilines is 1. The lowest BCUT2D eigenvalue weighted by molar-refractivity contribution is 0.0636. The Labute approximate surface area is 239 Å². The van der Waals surface area contributed by atoms with E-state index in [2.05, 4.69) is 79.6 Å². The van der Waals surface area contributed by atoms with Gasteiger partial charge in [0.2, 0.25) is 0 Å². The van der Waals surface area contributed by atoms with E-state index < -0.39 is 20.0 Å². The number of hydrogen-bond donors (Lipinski definition) is 2. The van der Waals surface area contributed by atoms with Crippen LogP contribution in [0.4, 0.5) is 9.93 Å². The highest BCUT2D eigenvalue weighted by molar-refractivity contribution is 7.17. The molecule has 1 amide bonds. The van der Waals surface area contributed by atoms with Crippen molar-refractivity contribution in [3.05, 3.63) is 76.7 Å². The Bertz CT molecular complexity index is 1350. The number of nitrogens with one attached hydrogen (secondary N) is 1. The van der Waals surface area contributed by atoms with E-state index in [0.717, 1.165) is 9.88 Å². The standard InChI is InChI=1S/C29H35N3O4S2Si/c1-28(2,3)36-27(34)32-26-31-23(19-37-26)25-22(17-33)30-24(38-25)18-35-39(29(4,5)6,20-13-9-7-10-14-20)21-15-11-8-12-16-21/h7-16,19,33H,17-18H2,1-6H3,(H,31,32,34). The normalized spacial score (nSPS) is 12.4. The van der Waals surface area contributed by atoms with Crippen LogP contribution in [0.25, 0.3) is 10.6 Å². The van der Waals surface area contributed by atoms with Crippen LogP contribution in [0.15, 0.2) is 66.0 Å². The Morgan fingerprint density at radius 3 is 2.05 bits per heavy atom. The molecule has 0 saturated carbocycles. The monoisotopic (exact) mass is 581 g/mol. The predicted octanol–water partition coefficient (Wildman–Crippen LogP) is 6.18. The first-order valence-corrected chi connectivity index (χ1v) is 16.3. The SMILES string of the molecule is CC(C)(C)OC(=O)Nc1nc(-c2sc(CO[Si](c3ccccc3)(c3ccccc3)C(C)(C)C)nc2CO)cs1. The summed E-state index contributed by atoms with van der Waals surface area (Å²) in [5.74, 6) is 0. The smallest absolute Gasteiger partial charge is 0.413 e. The lowest BCUT2D eigenvalue weighted by Gasteiger charge is -2.42. The van der Waals surface area contributed by atoms with Gasteiger partial charge < -0.3 is 14.3 Å². The summed E-state index contributed by atoms with van der Waals surface area (Å²) < 4.78 is 12.3. The molecule has 0 spiro atoms. The number of hydrogen-bond acceptors (Lipinski definition) is 8. The molecule has 4 rings (SSSR count). The van der Waals surface area contributed by atoms with E-state index in [1.165, 1.54) is 33.0 Å². The molecular weight excluding hydrogens is 547 g/mol. The van der Waals surface area contributed by atoms with Crippen LogP contribution in [0.2, 0.25) is 5.04 Å². The number of aliphatic hydroxyl groups excluding tert-OH is 1. The van der Waals surface area contributed by atoms with Crippen molar-refractivity contribution in [3.63, 3.8) is 0 Å². The minimum atomic E-state index is -2.73. The number of rotatable bonds is 8. The first kappa shape index (κ1) is 29.1. The van der Waals surface area contributed by atoms with Crippen LogP contribution in [-0.4, -0.2) is 35.1 Å². The summed E-state index contributed by atoms with van der Waals surface area (Å²) in [5, 5.41) is 18.0. The highest BCUT2D eigenvalue weighted by Gasteiger charge is 2.50. The fraction of sp³-hybridized carbons (Fsp3) is 0.345. The summed E-state index contributed by atoms with van der Waals surface area (Å²) in [6, 6.07) is 20.9. The van der Waals surface area contributed by atoms with Crippen molar-refractivity contribution in [1.82, 2.24) is 9.97 Å². The first-order valence-electron chi connectivity index (χ1n) is 12.7. The van der Waals surface area contributed by atoms with Gasteiger partial charge in [0.25, 0.3) is 8.32 Å². The molecule has 39 heavy (non-hydrogen) atoms. The van der Waals surface area contributed by atoms with Gasteiger partial charge in [-0.3, -0.25) is 5.32 Å². The molecule has 2 heterocycles. The third kappa shape index (κ3) is 6.64. The number of carbonyl (C=O) groups is 1. The lowest BCUT2D eigenvalue weighted by Crippen LogP contribution is -2.66. The molecule has 0 unspecified atom stereocenters. The van der Waals surface area contributed by atoms with Gasteiger partial charge in [-0.05, 0) is 36.2 Å². The molecule has 4 aromatic rings. The topological polar surface area (TPSA) is 93.6 Å². The third-order valence-corrected chi connectivity index (χ3v) is 12.9. The van der Waals surface area contributed by atoms with Crippen LogP contribution >= 0.6 is 22.7 Å². The molecule has 206 valence electrons. The van der Waals surface area contributed by atoms with Crippen LogP contribution in [0.5, 0.6) is 0 Å². The second-order valence-corrected chi connectivity index (χ2v) is 17.4. The zero-order chi connectivity index (χ0) is 28.3. The first-order chi connectivity index (χ1) is 18.4. The fourth-order valence-corrected chi connectivity index (χ4v) is 10.8. The molecule has 0 aliphatic rings. The molecule has 0 atom stereocenters. The third-order valence-electron chi connectivity index (χ3n) is 6.07. The molecule has 0 bridgehead atoms. The second kappa shape index (κ2) is 11.7. The Morgan fingerprint density at radius 2 is 1.54 bits per heavy atom. The highest BCUT2D eigenvalue weighted by Crippen LogP contribution is 2.39. The Kier molecular flexibility index (Phi) is 8.72. The number of thiazole rings is 2. The summed E-state index contributed by atoms with van der Waals surface area (Å²) in [6.45, 7) is 12.2. The number of aliphatic hydroxyl groups is 1. The van der Waals surface area contributed by atoms with Gasteiger partial charge >= 0.3 is 6.09 Å². The Balaban J connectivity index is 1.63. The lowest BCUT2D eigenvalue weighted by atomic mass is 10.2. The number of amides is 1. The van der Waals surface area contributed by atoms with Gasteiger partial charge in [0.05, 0.1) is 29.5 Å². The minimum absolute atomic E-state index is 0.160. The maximum atomic E-state index is 12.2. The average molecular weight is 582 g/mol. The number of carbonyl (C=O) groups excluding carboxylic acids is 1. The van der Waals surface area contributed by atoms with Crippen molar-refractivity contribution in [2.24, 2.45) is 0 Å². The largest absolute Gasteiger partial charge is 0.444 e. The van der Waals surface area contributed by atoms with E-state index >= 15 is 0 Å². The van der Waals surface area contributed by atoms with Crippen molar-refractivity contribution in [2.45, 2.75) is 65.4 Å². The molecule has 7 nitrogen and oxygen atoms in total. The van der Waals surface area contributed by atoms with Gasteiger partial charge in [-0.2, -0.15) is 0 Å². The maximum absolute atomic E-state index is 12.2. The van der Waals surface area contributed by atoms with Crippen molar-refractivity contribution < 1.29 is 19.1 Å². The minimum Gasteiger partial charge on any atom is -0.444 e. The van der Waals surface area contributed by atoms with Crippen molar-refractivity contribution in [1.29, 1.82) is 0 Å². The molecule has 0 radical (unpaired) electrons. The van der Waals surface area contributed by atoms with Crippen molar-refractivity contribution in [2.75, 3.05) is 5.32 Å². The van der Waals surface area contributed by atoms with E-state index in [0.29, 0.717) is 23.1 Å². The molecule has 0 aliphatic heterocycles. The van der Waals surface area contributed by atoms with E-state index in [9.17, 15) is 9.90 Å². The summed E-state index contributed by atoms with van der Waals surface area (Å²) in [7, 11) is -2.73. The van der Waals surface area contributed by atoms with Crippen LogP contribution in [0.1, 0.15) is 52.2 Å². The summed E-state index contributed by atoms with van der Waals surface area (Å²) in [4.78, 5) is 22.2. The summed E-state index contributed by atoms with van der Waals surface area (Å²) >= 11 is 2.74. The average Bonchev–Trinajstić information content (AvgIpc) is 3.50. The molecular formula is C29H35N3O4S2Si. The van der Waals surface area contributed by atoms with Crippen LogP contribution < -0.4 is 15.7 Å². The Morgan fingerprint density at radius 1 is 0.949 bits per heavy atom. The van der Waals surface area contributed by atoms with Gasteiger partial charge in [0, 0.05) is 5.38 Å². The molecule has 2 aromatic heterocycles. The van der Waals surface area contributed by atoms with Gasteiger partial charge in [-0.15, -0.1) is 22.7 Å². The quantitative estimate of drug-likeness (QED) is 0.241. The van der Waals surface area contributed by atoms with Crippen molar-refractivity contribution in [3.8, 4) is 10.6 Å². The molecule has 2 aromatic carbocycles. The van der Waals surface area contributed by atoms with E-state index in [-0.39, 0.29) is 11.6 Å². The highest BCUT2D eigenvalue weighted by atomic mass is 32.1. The van der Waals surface area contributed by atoms with Crippen LogP contribution in [-0.2, 0) is 22.4 Å². The summed E-state index contributed by atoms with van der Waals surface area (Å²) in [6.07, 6.45) is -0.561. The second-order valence-electron chi connectivity index (χ2n) is 11.2. The molecule has 0 aliphatic carbocycles.